The monoisotopic (exact) mass is 208 g/mol. The number of carbonyl (C=O) groups excluding carboxylic acids is 1. The van der Waals surface area contributed by atoms with E-state index in [2.05, 4.69) is 13.8 Å². The molecule has 1 fully saturated rings. The third-order valence-corrected chi connectivity index (χ3v) is 3.47. The van der Waals surface area contributed by atoms with Crippen molar-refractivity contribution in [1.29, 1.82) is 0 Å². The SMILES string of the molecule is COC1=CC(O)=C2CCC(C)(C)[C@H]1C2=O. The van der Waals surface area contributed by atoms with E-state index in [1.807, 2.05) is 0 Å². The van der Waals surface area contributed by atoms with Crippen molar-refractivity contribution in [1.82, 2.24) is 0 Å². The summed E-state index contributed by atoms with van der Waals surface area (Å²) < 4.78 is 5.20. The maximum Gasteiger partial charge on any atom is 0.173 e. The number of aliphatic hydroxyl groups is 1. The number of carbonyl (C=O) groups is 1. The molecule has 0 spiro atoms. The number of rotatable bonds is 1. The van der Waals surface area contributed by atoms with Gasteiger partial charge in [0.15, 0.2) is 5.78 Å². The van der Waals surface area contributed by atoms with Gasteiger partial charge in [0, 0.05) is 11.6 Å². The van der Waals surface area contributed by atoms with Crippen molar-refractivity contribution in [2.75, 3.05) is 7.11 Å². The highest BCUT2D eigenvalue weighted by atomic mass is 16.5. The van der Waals surface area contributed by atoms with E-state index >= 15 is 0 Å². The van der Waals surface area contributed by atoms with Crippen molar-refractivity contribution in [3.8, 4) is 0 Å². The quantitative estimate of drug-likeness (QED) is 0.719. The van der Waals surface area contributed by atoms with Gasteiger partial charge in [-0.25, -0.2) is 0 Å². The second-order valence-electron chi connectivity index (χ2n) is 4.90. The minimum Gasteiger partial charge on any atom is -0.507 e. The molecule has 0 heterocycles. The van der Waals surface area contributed by atoms with Crippen LogP contribution >= 0.6 is 0 Å². The number of ether oxygens (including phenoxy) is 1. The van der Waals surface area contributed by atoms with Crippen LogP contribution in [0.2, 0.25) is 0 Å². The first-order valence-corrected chi connectivity index (χ1v) is 5.19. The summed E-state index contributed by atoms with van der Waals surface area (Å²) in [4.78, 5) is 12.1. The number of hydrogen-bond donors (Lipinski definition) is 1. The van der Waals surface area contributed by atoms with Gasteiger partial charge in [0.2, 0.25) is 0 Å². The molecule has 2 bridgehead atoms. The number of Topliss-reactive ketones (excluding diaryl/α,β-unsaturated/α-hetero) is 1. The number of methoxy groups -OCH3 is 1. The lowest BCUT2D eigenvalue weighted by atomic mass is 9.64. The molecule has 82 valence electrons. The van der Waals surface area contributed by atoms with Gasteiger partial charge in [0.25, 0.3) is 0 Å². The average molecular weight is 208 g/mol. The molecule has 0 amide bonds. The first-order valence-electron chi connectivity index (χ1n) is 5.19. The average Bonchev–Trinajstić information content (AvgIpc) is 2.13. The van der Waals surface area contributed by atoms with Crippen molar-refractivity contribution in [2.45, 2.75) is 26.7 Å². The zero-order valence-electron chi connectivity index (χ0n) is 9.33. The molecule has 0 saturated heterocycles. The van der Waals surface area contributed by atoms with E-state index in [0.29, 0.717) is 17.8 Å². The molecule has 3 heteroatoms. The molecule has 0 radical (unpaired) electrons. The fraction of sp³-hybridized carbons (Fsp3) is 0.583. The Hall–Kier alpha value is -1.25. The van der Waals surface area contributed by atoms with E-state index in [-0.39, 0.29) is 22.9 Å². The van der Waals surface area contributed by atoms with Crippen LogP contribution < -0.4 is 0 Å². The molecule has 0 aromatic carbocycles. The van der Waals surface area contributed by atoms with Crippen LogP contribution in [0.5, 0.6) is 0 Å². The number of hydrogen-bond acceptors (Lipinski definition) is 3. The van der Waals surface area contributed by atoms with E-state index in [1.165, 1.54) is 0 Å². The molecule has 15 heavy (non-hydrogen) atoms. The molecular formula is C12H16O3. The molecular weight excluding hydrogens is 192 g/mol. The van der Waals surface area contributed by atoms with Crippen LogP contribution in [0.1, 0.15) is 26.7 Å². The van der Waals surface area contributed by atoms with Crippen LogP contribution in [0.25, 0.3) is 0 Å². The minimum absolute atomic E-state index is 0.0306. The Bertz CT molecular complexity index is 374. The van der Waals surface area contributed by atoms with Crippen molar-refractivity contribution >= 4 is 5.78 Å². The maximum absolute atomic E-state index is 12.1. The summed E-state index contributed by atoms with van der Waals surface area (Å²) in [5.74, 6) is 0.486. The summed E-state index contributed by atoms with van der Waals surface area (Å²) in [6, 6.07) is 0. The van der Waals surface area contributed by atoms with Crippen molar-refractivity contribution in [3.05, 3.63) is 23.2 Å². The Morgan fingerprint density at radius 3 is 2.80 bits per heavy atom. The second-order valence-corrected chi connectivity index (χ2v) is 4.90. The predicted molar refractivity (Wildman–Crippen MR) is 56.3 cm³/mol. The highest BCUT2D eigenvalue weighted by Gasteiger charge is 2.46. The van der Waals surface area contributed by atoms with Crippen molar-refractivity contribution < 1.29 is 14.6 Å². The van der Waals surface area contributed by atoms with Crippen LogP contribution in [0, 0.1) is 11.3 Å². The smallest absolute Gasteiger partial charge is 0.173 e. The summed E-state index contributed by atoms with van der Waals surface area (Å²) in [7, 11) is 1.54. The molecule has 2 aliphatic rings. The lowest BCUT2D eigenvalue weighted by Gasteiger charge is -2.40. The zero-order valence-corrected chi connectivity index (χ0v) is 9.33. The molecule has 2 rings (SSSR count). The highest BCUT2D eigenvalue weighted by Crippen LogP contribution is 2.47. The van der Waals surface area contributed by atoms with Gasteiger partial charge >= 0.3 is 0 Å². The van der Waals surface area contributed by atoms with E-state index in [9.17, 15) is 9.90 Å². The number of aliphatic hydroxyl groups excluding tert-OH is 1. The van der Waals surface area contributed by atoms with Gasteiger partial charge in [0.1, 0.15) is 11.5 Å². The molecule has 0 aromatic rings. The number of fused-ring (bicyclic) bond motifs is 2. The molecule has 3 nitrogen and oxygen atoms in total. The van der Waals surface area contributed by atoms with Gasteiger partial charge in [0.05, 0.1) is 13.0 Å². The molecule has 1 atom stereocenters. The van der Waals surface area contributed by atoms with E-state index in [1.54, 1.807) is 13.2 Å². The van der Waals surface area contributed by atoms with E-state index in [4.69, 9.17) is 4.74 Å². The third kappa shape index (κ3) is 1.37. The Balaban J connectivity index is 2.52. The Kier molecular flexibility index (Phi) is 2.14. The zero-order chi connectivity index (χ0) is 11.2. The normalized spacial score (nSPS) is 28.9. The van der Waals surface area contributed by atoms with Crippen LogP contribution in [-0.4, -0.2) is 18.0 Å². The predicted octanol–water partition coefficient (Wildman–Crippen LogP) is 2.35. The fourth-order valence-electron chi connectivity index (χ4n) is 2.49. The molecule has 1 saturated carbocycles. The van der Waals surface area contributed by atoms with Gasteiger partial charge in [-0.3, -0.25) is 4.79 Å². The first-order chi connectivity index (χ1) is 6.97. The maximum atomic E-state index is 12.1. The van der Waals surface area contributed by atoms with Gasteiger partial charge in [-0.2, -0.15) is 0 Å². The molecule has 0 aliphatic heterocycles. The first kappa shape index (κ1) is 10.3. The van der Waals surface area contributed by atoms with Crippen LogP contribution in [0.3, 0.4) is 0 Å². The Morgan fingerprint density at radius 2 is 2.20 bits per heavy atom. The molecule has 1 N–H and O–H groups in total. The molecule has 0 aromatic heterocycles. The molecule has 0 unspecified atom stereocenters. The van der Waals surface area contributed by atoms with Crippen molar-refractivity contribution in [3.63, 3.8) is 0 Å². The van der Waals surface area contributed by atoms with Gasteiger partial charge < -0.3 is 9.84 Å². The van der Waals surface area contributed by atoms with Crippen molar-refractivity contribution in [2.24, 2.45) is 11.3 Å². The Morgan fingerprint density at radius 1 is 1.53 bits per heavy atom. The van der Waals surface area contributed by atoms with Crippen LogP contribution in [0.15, 0.2) is 23.2 Å². The summed E-state index contributed by atoms with van der Waals surface area (Å²) in [5, 5.41) is 9.67. The lowest BCUT2D eigenvalue weighted by molar-refractivity contribution is -0.125. The van der Waals surface area contributed by atoms with E-state index in [0.717, 1.165) is 6.42 Å². The Labute approximate surface area is 89.4 Å². The van der Waals surface area contributed by atoms with Crippen LogP contribution in [-0.2, 0) is 9.53 Å². The fourth-order valence-corrected chi connectivity index (χ4v) is 2.49. The summed E-state index contributed by atoms with van der Waals surface area (Å²) >= 11 is 0. The highest BCUT2D eigenvalue weighted by molar-refractivity contribution is 6.02. The standard InChI is InChI=1S/C12H16O3/c1-12(2)5-4-7-8(13)6-9(15-3)10(12)11(7)14/h6,10,13H,4-5H2,1-3H3/t10-/m1/s1. The van der Waals surface area contributed by atoms with Crippen LogP contribution in [0.4, 0.5) is 0 Å². The van der Waals surface area contributed by atoms with Gasteiger partial charge in [-0.15, -0.1) is 0 Å². The van der Waals surface area contributed by atoms with Gasteiger partial charge in [-0.1, -0.05) is 13.8 Å². The number of allylic oxidation sites excluding steroid dienone is 3. The third-order valence-electron chi connectivity index (χ3n) is 3.47. The summed E-state index contributed by atoms with van der Waals surface area (Å²) in [5.41, 5.74) is 0.489. The summed E-state index contributed by atoms with van der Waals surface area (Å²) in [6.07, 6.45) is 3.16. The molecule has 2 aliphatic carbocycles. The topological polar surface area (TPSA) is 46.5 Å². The minimum atomic E-state index is -0.220. The largest absolute Gasteiger partial charge is 0.507 e. The van der Waals surface area contributed by atoms with E-state index < -0.39 is 0 Å². The lowest BCUT2D eigenvalue weighted by Crippen LogP contribution is -2.40. The number of ketones is 1. The second kappa shape index (κ2) is 3.12. The summed E-state index contributed by atoms with van der Waals surface area (Å²) in [6.45, 7) is 4.14. The van der Waals surface area contributed by atoms with Gasteiger partial charge in [-0.05, 0) is 18.3 Å².